The molecule has 0 aromatic rings. The molecule has 0 aliphatic heterocycles. The van der Waals surface area contributed by atoms with Crippen LogP contribution in [0.3, 0.4) is 0 Å². The van der Waals surface area contributed by atoms with Crippen LogP contribution in [0.15, 0.2) is 0 Å². The van der Waals surface area contributed by atoms with Crippen molar-refractivity contribution in [3.05, 3.63) is 0 Å². The number of ketones is 2. The molecular formula is C19H28O3. The lowest BCUT2D eigenvalue weighted by atomic mass is 9.45. The van der Waals surface area contributed by atoms with Gasteiger partial charge in [0, 0.05) is 24.2 Å². The van der Waals surface area contributed by atoms with Crippen molar-refractivity contribution in [2.75, 3.05) is 0 Å². The number of carbonyl (C=O) groups excluding carboxylic acids is 2. The predicted octanol–water partition coefficient (Wildman–Crippen LogP) is 3.14. The molecule has 0 aromatic heterocycles. The zero-order chi connectivity index (χ0) is 15.7. The first-order valence-electron chi connectivity index (χ1n) is 9.10. The Morgan fingerprint density at radius 1 is 1.09 bits per heavy atom. The second-order valence-corrected chi connectivity index (χ2v) is 8.98. The number of hydrogen-bond donors (Lipinski definition) is 1. The first kappa shape index (κ1) is 14.9. The molecule has 4 aliphatic carbocycles. The summed E-state index contributed by atoms with van der Waals surface area (Å²) in [6, 6.07) is 0. The molecule has 0 aromatic carbocycles. The highest BCUT2D eigenvalue weighted by Gasteiger charge is 2.63. The number of rotatable bonds is 0. The Bertz CT molecular complexity index is 527. The lowest BCUT2D eigenvalue weighted by molar-refractivity contribution is -0.162. The summed E-state index contributed by atoms with van der Waals surface area (Å²) in [7, 11) is 0. The number of aliphatic hydroxyl groups is 1. The molecule has 1 N–H and O–H groups in total. The van der Waals surface area contributed by atoms with E-state index in [1.54, 1.807) is 0 Å². The van der Waals surface area contributed by atoms with Gasteiger partial charge in [-0.05, 0) is 61.7 Å². The zero-order valence-corrected chi connectivity index (χ0v) is 13.8. The molecule has 122 valence electrons. The average Bonchev–Trinajstić information content (AvgIpc) is 2.75. The van der Waals surface area contributed by atoms with Crippen LogP contribution >= 0.6 is 0 Å². The second-order valence-electron chi connectivity index (χ2n) is 8.98. The molecular weight excluding hydrogens is 276 g/mol. The Hall–Kier alpha value is -0.700. The van der Waals surface area contributed by atoms with Gasteiger partial charge >= 0.3 is 0 Å². The van der Waals surface area contributed by atoms with Crippen LogP contribution in [0.1, 0.15) is 65.2 Å². The molecule has 0 bridgehead atoms. The molecule has 4 rings (SSSR count). The van der Waals surface area contributed by atoms with Crippen molar-refractivity contribution in [1.29, 1.82) is 0 Å². The van der Waals surface area contributed by atoms with Crippen LogP contribution in [-0.4, -0.2) is 22.8 Å². The van der Waals surface area contributed by atoms with Gasteiger partial charge in [-0.25, -0.2) is 0 Å². The van der Waals surface area contributed by atoms with Crippen LogP contribution in [0.5, 0.6) is 0 Å². The fraction of sp³-hybridized carbons (Fsp3) is 0.895. The van der Waals surface area contributed by atoms with E-state index in [-0.39, 0.29) is 22.9 Å². The largest absolute Gasteiger partial charge is 0.393 e. The minimum Gasteiger partial charge on any atom is -0.393 e. The summed E-state index contributed by atoms with van der Waals surface area (Å²) in [5, 5.41) is 10.0. The van der Waals surface area contributed by atoms with Gasteiger partial charge in [0.1, 0.15) is 11.6 Å². The second kappa shape index (κ2) is 4.66. The van der Waals surface area contributed by atoms with Crippen molar-refractivity contribution < 1.29 is 14.7 Å². The van der Waals surface area contributed by atoms with Crippen molar-refractivity contribution >= 4 is 11.6 Å². The zero-order valence-electron chi connectivity index (χ0n) is 13.8. The molecule has 0 saturated heterocycles. The van der Waals surface area contributed by atoms with Gasteiger partial charge in [-0.15, -0.1) is 0 Å². The van der Waals surface area contributed by atoms with E-state index in [1.807, 2.05) is 0 Å². The molecule has 4 saturated carbocycles. The van der Waals surface area contributed by atoms with E-state index in [0.29, 0.717) is 42.2 Å². The van der Waals surface area contributed by atoms with Crippen LogP contribution in [0, 0.1) is 34.5 Å². The van der Waals surface area contributed by atoms with E-state index in [9.17, 15) is 14.7 Å². The number of hydrogen-bond acceptors (Lipinski definition) is 3. The van der Waals surface area contributed by atoms with E-state index in [2.05, 4.69) is 13.8 Å². The maximum absolute atomic E-state index is 13.0. The van der Waals surface area contributed by atoms with Crippen LogP contribution in [0.4, 0.5) is 0 Å². The van der Waals surface area contributed by atoms with Gasteiger partial charge in [-0.3, -0.25) is 9.59 Å². The summed E-state index contributed by atoms with van der Waals surface area (Å²) in [6.07, 6.45) is 6.86. The third kappa shape index (κ3) is 1.78. The minimum absolute atomic E-state index is 0.0617. The highest BCUT2D eigenvalue weighted by atomic mass is 16.3. The lowest BCUT2D eigenvalue weighted by Gasteiger charge is -2.58. The van der Waals surface area contributed by atoms with Gasteiger partial charge in [0.15, 0.2) is 0 Å². The van der Waals surface area contributed by atoms with Gasteiger partial charge in [-0.2, -0.15) is 0 Å². The molecule has 3 heteroatoms. The van der Waals surface area contributed by atoms with Gasteiger partial charge in [0.05, 0.1) is 6.10 Å². The van der Waals surface area contributed by atoms with E-state index in [4.69, 9.17) is 0 Å². The lowest BCUT2D eigenvalue weighted by Crippen LogP contribution is -2.57. The third-order valence-electron chi connectivity index (χ3n) is 8.04. The monoisotopic (exact) mass is 304 g/mol. The standard InChI is InChI=1S/C19H28O3/c1-18-8-7-12(20)9-11(18)3-4-13-14-5-6-16(22)19(14,2)10-15(21)17(13)18/h11-14,17,20H,3-10H2,1-2H3/t11?,12-,13?,14?,17?,18+,19+/m1/s1. The summed E-state index contributed by atoms with van der Waals surface area (Å²) in [4.78, 5) is 25.4. The fourth-order valence-corrected chi connectivity index (χ4v) is 6.83. The molecule has 0 radical (unpaired) electrons. The first-order valence-corrected chi connectivity index (χ1v) is 9.10. The minimum atomic E-state index is -0.365. The maximum atomic E-state index is 13.0. The maximum Gasteiger partial charge on any atom is 0.139 e. The summed E-state index contributed by atoms with van der Waals surface area (Å²) in [5.74, 6) is 2.14. The number of carbonyl (C=O) groups is 2. The topological polar surface area (TPSA) is 54.4 Å². The Balaban J connectivity index is 1.71. The normalized spacial score (nSPS) is 54.6. The molecule has 0 spiro atoms. The Morgan fingerprint density at radius 2 is 1.86 bits per heavy atom. The number of aliphatic hydroxyl groups excluding tert-OH is 1. The Kier molecular flexibility index (Phi) is 3.15. The third-order valence-corrected chi connectivity index (χ3v) is 8.04. The smallest absolute Gasteiger partial charge is 0.139 e. The first-order chi connectivity index (χ1) is 10.4. The van der Waals surface area contributed by atoms with E-state index in [0.717, 1.165) is 38.5 Å². The van der Waals surface area contributed by atoms with Crippen LogP contribution < -0.4 is 0 Å². The van der Waals surface area contributed by atoms with Gasteiger partial charge in [-0.1, -0.05) is 13.8 Å². The Labute approximate surface area is 132 Å². The SMILES string of the molecule is C[C@]12CC[C@@H](O)CC1CCC1C2C(=O)C[C@]2(C)C(=O)CCC12. The highest BCUT2D eigenvalue weighted by Crippen LogP contribution is 2.64. The highest BCUT2D eigenvalue weighted by molar-refractivity contribution is 5.95. The average molecular weight is 304 g/mol. The Morgan fingerprint density at radius 3 is 2.64 bits per heavy atom. The van der Waals surface area contributed by atoms with Gasteiger partial charge in [0.2, 0.25) is 0 Å². The molecule has 7 atom stereocenters. The molecule has 3 nitrogen and oxygen atoms in total. The van der Waals surface area contributed by atoms with E-state index >= 15 is 0 Å². The van der Waals surface area contributed by atoms with Crippen molar-refractivity contribution in [2.24, 2.45) is 34.5 Å². The van der Waals surface area contributed by atoms with Crippen molar-refractivity contribution in [3.63, 3.8) is 0 Å². The molecule has 4 unspecified atom stereocenters. The molecule has 4 fully saturated rings. The summed E-state index contributed by atoms with van der Waals surface area (Å²) >= 11 is 0. The predicted molar refractivity (Wildman–Crippen MR) is 83.1 cm³/mol. The molecule has 22 heavy (non-hydrogen) atoms. The molecule has 0 heterocycles. The van der Waals surface area contributed by atoms with Crippen LogP contribution in [-0.2, 0) is 9.59 Å². The summed E-state index contributed by atoms with van der Waals surface area (Å²) in [6.45, 7) is 4.36. The number of Topliss-reactive ketones (excluding diaryl/α,β-unsaturated/α-hetero) is 2. The van der Waals surface area contributed by atoms with Crippen molar-refractivity contribution in [2.45, 2.75) is 71.3 Å². The van der Waals surface area contributed by atoms with E-state index in [1.165, 1.54) is 0 Å². The summed E-state index contributed by atoms with van der Waals surface area (Å²) in [5.41, 5.74) is -0.304. The number of fused-ring (bicyclic) bond motifs is 5. The van der Waals surface area contributed by atoms with Crippen molar-refractivity contribution in [3.8, 4) is 0 Å². The molecule has 4 aliphatic rings. The van der Waals surface area contributed by atoms with E-state index < -0.39 is 0 Å². The fourth-order valence-electron chi connectivity index (χ4n) is 6.83. The van der Waals surface area contributed by atoms with Crippen LogP contribution in [0.2, 0.25) is 0 Å². The summed E-state index contributed by atoms with van der Waals surface area (Å²) < 4.78 is 0. The van der Waals surface area contributed by atoms with Gasteiger partial charge < -0.3 is 5.11 Å². The van der Waals surface area contributed by atoms with Crippen LogP contribution in [0.25, 0.3) is 0 Å². The quantitative estimate of drug-likeness (QED) is 0.748. The van der Waals surface area contributed by atoms with Gasteiger partial charge in [0.25, 0.3) is 0 Å². The molecule has 0 amide bonds. The van der Waals surface area contributed by atoms with Crippen molar-refractivity contribution in [1.82, 2.24) is 0 Å².